The number of rotatable bonds is 7. The average Bonchev–Trinajstić information content (AvgIpc) is 2.58. The lowest BCUT2D eigenvalue weighted by molar-refractivity contribution is -0.119. The first kappa shape index (κ1) is 18.9. The van der Waals surface area contributed by atoms with Crippen molar-refractivity contribution in [3.05, 3.63) is 59.1 Å². The molecule has 0 radical (unpaired) electrons. The Balaban J connectivity index is 1.96. The highest BCUT2D eigenvalue weighted by Gasteiger charge is 2.15. The summed E-state index contributed by atoms with van der Waals surface area (Å²) in [5.74, 6) is -0.623. The van der Waals surface area contributed by atoms with Gasteiger partial charge in [0.05, 0.1) is 16.8 Å². The van der Waals surface area contributed by atoms with Gasteiger partial charge in [-0.3, -0.25) is 9.59 Å². The molecule has 0 aliphatic heterocycles. The molecular formula is C18H20ClN3O3. The Labute approximate surface area is 151 Å². The Kier molecular flexibility index (Phi) is 6.94. The quantitative estimate of drug-likeness (QED) is 0.706. The Hall–Kier alpha value is -2.41. The second-order valence-electron chi connectivity index (χ2n) is 5.46. The van der Waals surface area contributed by atoms with E-state index in [2.05, 4.69) is 10.6 Å². The highest BCUT2D eigenvalue weighted by atomic mass is 35.5. The van der Waals surface area contributed by atoms with Gasteiger partial charge in [-0.15, -0.1) is 0 Å². The van der Waals surface area contributed by atoms with Crippen molar-refractivity contribution in [3.8, 4) is 0 Å². The van der Waals surface area contributed by atoms with E-state index < -0.39 is 6.04 Å². The number of ether oxygens (including phenoxy) is 1. The number of methoxy groups -OCH3 is 1. The minimum Gasteiger partial charge on any atom is -0.375 e. The molecule has 0 heterocycles. The summed E-state index contributed by atoms with van der Waals surface area (Å²) in [7, 11) is 1.43. The van der Waals surface area contributed by atoms with Gasteiger partial charge in [-0.2, -0.15) is 0 Å². The van der Waals surface area contributed by atoms with E-state index in [1.807, 2.05) is 30.3 Å². The number of nitrogens with one attached hydrogen (secondary N) is 2. The topological polar surface area (TPSA) is 93.5 Å². The third kappa shape index (κ3) is 5.86. The maximum atomic E-state index is 12.2. The van der Waals surface area contributed by atoms with Crippen molar-refractivity contribution in [2.24, 2.45) is 5.73 Å². The lowest BCUT2D eigenvalue weighted by Crippen LogP contribution is -2.37. The van der Waals surface area contributed by atoms with Crippen LogP contribution in [-0.2, 0) is 20.7 Å². The molecular weight excluding hydrogens is 342 g/mol. The summed E-state index contributed by atoms with van der Waals surface area (Å²) >= 11 is 6.13. The number of anilines is 2. The molecule has 1 unspecified atom stereocenters. The maximum Gasteiger partial charge on any atom is 0.250 e. The molecule has 7 heteroatoms. The predicted molar refractivity (Wildman–Crippen MR) is 98.7 cm³/mol. The first-order valence-corrected chi connectivity index (χ1v) is 8.06. The molecule has 0 aliphatic carbocycles. The number of carbonyl (C=O) groups excluding carboxylic acids is 2. The SMILES string of the molecule is COCC(=O)Nc1ccc(NC(=O)C(N)Cc2ccccc2)cc1Cl. The summed E-state index contributed by atoms with van der Waals surface area (Å²) < 4.78 is 4.74. The van der Waals surface area contributed by atoms with E-state index in [0.717, 1.165) is 5.56 Å². The molecule has 132 valence electrons. The number of halogens is 1. The number of amides is 2. The number of carbonyl (C=O) groups is 2. The van der Waals surface area contributed by atoms with Crippen LogP contribution in [-0.4, -0.2) is 31.6 Å². The third-order valence-corrected chi connectivity index (χ3v) is 3.73. The lowest BCUT2D eigenvalue weighted by atomic mass is 10.1. The molecule has 0 aliphatic rings. The van der Waals surface area contributed by atoms with Gasteiger partial charge in [-0.1, -0.05) is 41.9 Å². The molecule has 0 saturated carbocycles. The van der Waals surface area contributed by atoms with Crippen LogP contribution in [0.4, 0.5) is 11.4 Å². The molecule has 2 amide bonds. The second-order valence-corrected chi connectivity index (χ2v) is 5.87. The first-order valence-electron chi connectivity index (χ1n) is 7.68. The van der Waals surface area contributed by atoms with Crippen molar-refractivity contribution in [2.75, 3.05) is 24.4 Å². The maximum absolute atomic E-state index is 12.2. The van der Waals surface area contributed by atoms with Gasteiger partial charge in [-0.05, 0) is 30.2 Å². The monoisotopic (exact) mass is 361 g/mol. The van der Waals surface area contributed by atoms with Crippen LogP contribution in [0.5, 0.6) is 0 Å². The van der Waals surface area contributed by atoms with Gasteiger partial charge < -0.3 is 21.1 Å². The van der Waals surface area contributed by atoms with Crippen molar-refractivity contribution in [1.29, 1.82) is 0 Å². The van der Waals surface area contributed by atoms with Gasteiger partial charge in [-0.25, -0.2) is 0 Å². The number of benzene rings is 2. The molecule has 4 N–H and O–H groups in total. The smallest absolute Gasteiger partial charge is 0.250 e. The van der Waals surface area contributed by atoms with E-state index in [4.69, 9.17) is 22.1 Å². The molecule has 2 aromatic rings. The van der Waals surface area contributed by atoms with E-state index >= 15 is 0 Å². The van der Waals surface area contributed by atoms with E-state index in [9.17, 15) is 9.59 Å². The standard InChI is InChI=1S/C18H20ClN3O3/c1-25-11-17(23)22-16-8-7-13(10-14(16)19)21-18(24)15(20)9-12-5-3-2-4-6-12/h2-8,10,15H,9,11,20H2,1H3,(H,21,24)(H,22,23). The lowest BCUT2D eigenvalue weighted by Gasteiger charge is -2.14. The average molecular weight is 362 g/mol. The van der Waals surface area contributed by atoms with E-state index in [-0.39, 0.29) is 18.4 Å². The van der Waals surface area contributed by atoms with Crippen LogP contribution >= 0.6 is 11.6 Å². The van der Waals surface area contributed by atoms with Crippen LogP contribution in [0.25, 0.3) is 0 Å². The minimum atomic E-state index is -0.678. The second kappa shape index (κ2) is 9.17. The summed E-state index contributed by atoms with van der Waals surface area (Å²) in [4.78, 5) is 23.7. The van der Waals surface area contributed by atoms with Crippen molar-refractivity contribution in [3.63, 3.8) is 0 Å². The molecule has 1 atom stereocenters. The van der Waals surface area contributed by atoms with Crippen molar-refractivity contribution < 1.29 is 14.3 Å². The van der Waals surface area contributed by atoms with Crippen molar-refractivity contribution in [2.45, 2.75) is 12.5 Å². The number of hydrogen-bond donors (Lipinski definition) is 3. The van der Waals surface area contributed by atoms with Gasteiger partial charge in [0, 0.05) is 12.8 Å². The van der Waals surface area contributed by atoms with Crippen molar-refractivity contribution in [1.82, 2.24) is 0 Å². The van der Waals surface area contributed by atoms with Gasteiger partial charge in [0.2, 0.25) is 11.8 Å². The number of hydrogen-bond acceptors (Lipinski definition) is 4. The molecule has 0 saturated heterocycles. The molecule has 0 fully saturated rings. The van der Waals surface area contributed by atoms with Crippen LogP contribution in [0.1, 0.15) is 5.56 Å². The highest BCUT2D eigenvalue weighted by molar-refractivity contribution is 6.34. The Morgan fingerprint density at radius 2 is 1.88 bits per heavy atom. The summed E-state index contributed by atoms with van der Waals surface area (Å²) in [6.45, 7) is -0.0663. The molecule has 25 heavy (non-hydrogen) atoms. The molecule has 2 aromatic carbocycles. The molecule has 6 nitrogen and oxygen atoms in total. The normalized spacial score (nSPS) is 11.6. The van der Waals surface area contributed by atoms with Crippen LogP contribution in [0.2, 0.25) is 5.02 Å². The highest BCUT2D eigenvalue weighted by Crippen LogP contribution is 2.25. The Morgan fingerprint density at radius 3 is 2.52 bits per heavy atom. The first-order chi connectivity index (χ1) is 12.0. The zero-order valence-electron chi connectivity index (χ0n) is 13.8. The van der Waals surface area contributed by atoms with Gasteiger partial charge in [0.1, 0.15) is 6.61 Å². The van der Waals surface area contributed by atoms with Crippen LogP contribution < -0.4 is 16.4 Å². The van der Waals surface area contributed by atoms with Crippen LogP contribution in [0.15, 0.2) is 48.5 Å². The summed E-state index contributed by atoms with van der Waals surface area (Å²) in [5, 5.41) is 5.64. The zero-order chi connectivity index (χ0) is 18.2. The summed E-state index contributed by atoms with van der Waals surface area (Å²) in [6.07, 6.45) is 0.436. The van der Waals surface area contributed by atoms with E-state index in [0.29, 0.717) is 22.8 Å². The molecule has 0 aromatic heterocycles. The fraction of sp³-hybridized carbons (Fsp3) is 0.222. The van der Waals surface area contributed by atoms with Gasteiger partial charge >= 0.3 is 0 Å². The minimum absolute atomic E-state index is 0.0663. The predicted octanol–water partition coefficient (Wildman–Crippen LogP) is 2.43. The van der Waals surface area contributed by atoms with Crippen LogP contribution in [0, 0.1) is 0 Å². The van der Waals surface area contributed by atoms with E-state index in [1.54, 1.807) is 18.2 Å². The largest absolute Gasteiger partial charge is 0.375 e. The van der Waals surface area contributed by atoms with Crippen molar-refractivity contribution >= 4 is 34.8 Å². The fourth-order valence-electron chi connectivity index (χ4n) is 2.21. The number of nitrogens with two attached hydrogens (primary N) is 1. The van der Waals surface area contributed by atoms with Crippen LogP contribution in [0.3, 0.4) is 0 Å². The molecule has 0 spiro atoms. The molecule has 0 bridgehead atoms. The Bertz CT molecular complexity index is 738. The van der Waals surface area contributed by atoms with Gasteiger partial charge in [0.15, 0.2) is 0 Å². The Morgan fingerprint density at radius 1 is 1.16 bits per heavy atom. The van der Waals surface area contributed by atoms with Gasteiger partial charge in [0.25, 0.3) is 0 Å². The van der Waals surface area contributed by atoms with E-state index in [1.165, 1.54) is 7.11 Å². The summed E-state index contributed by atoms with van der Waals surface area (Å²) in [5.41, 5.74) is 7.88. The zero-order valence-corrected chi connectivity index (χ0v) is 14.5. The molecule has 2 rings (SSSR count). The third-order valence-electron chi connectivity index (χ3n) is 3.42. The summed E-state index contributed by atoms with van der Waals surface area (Å²) in [6, 6.07) is 13.7. The fourth-order valence-corrected chi connectivity index (χ4v) is 2.44.